The Morgan fingerprint density at radius 2 is 1.89 bits per heavy atom. The maximum absolute atomic E-state index is 11.5. The monoisotopic (exact) mass is 380 g/mol. The van der Waals surface area contributed by atoms with Gasteiger partial charge >= 0.3 is 0 Å². The number of ether oxygens (including phenoxy) is 1. The van der Waals surface area contributed by atoms with E-state index >= 15 is 0 Å². The van der Waals surface area contributed by atoms with Crippen LogP contribution in [0, 0.1) is 0 Å². The summed E-state index contributed by atoms with van der Waals surface area (Å²) in [7, 11) is 1.57. The normalized spacial score (nSPS) is 17.8. The zero-order valence-electron chi connectivity index (χ0n) is 16.5. The van der Waals surface area contributed by atoms with Crippen LogP contribution in [0.4, 0.5) is 0 Å². The lowest BCUT2D eigenvalue weighted by Crippen LogP contribution is -2.35. The molecule has 1 amide bonds. The van der Waals surface area contributed by atoms with E-state index in [1.165, 1.54) is 43.4 Å². The Morgan fingerprint density at radius 1 is 1.11 bits per heavy atom. The molecule has 1 saturated carbocycles. The van der Waals surface area contributed by atoms with Crippen molar-refractivity contribution in [2.75, 3.05) is 20.1 Å². The van der Waals surface area contributed by atoms with Crippen molar-refractivity contribution in [1.29, 1.82) is 0 Å². The van der Waals surface area contributed by atoms with Crippen LogP contribution in [-0.2, 0) is 19.4 Å². The molecule has 6 nitrogen and oxygen atoms in total. The Kier molecular flexibility index (Phi) is 5.86. The largest absolute Gasteiger partial charge is 0.472 e. The first-order chi connectivity index (χ1) is 13.7. The predicted molar refractivity (Wildman–Crippen MR) is 107 cm³/mol. The van der Waals surface area contributed by atoms with Gasteiger partial charge in [0.05, 0.1) is 0 Å². The van der Waals surface area contributed by atoms with E-state index in [9.17, 15) is 4.79 Å². The van der Waals surface area contributed by atoms with Crippen molar-refractivity contribution in [3.05, 3.63) is 52.7 Å². The summed E-state index contributed by atoms with van der Waals surface area (Å²) in [5, 5.41) is 10.4. The maximum atomic E-state index is 11.5. The second kappa shape index (κ2) is 8.69. The van der Waals surface area contributed by atoms with Gasteiger partial charge in [0.1, 0.15) is 6.61 Å². The third kappa shape index (κ3) is 4.33. The maximum Gasteiger partial charge on any atom is 0.271 e. The summed E-state index contributed by atoms with van der Waals surface area (Å²) in [5.74, 6) is 0.173. The van der Waals surface area contributed by atoms with E-state index in [1.807, 2.05) is 0 Å². The van der Waals surface area contributed by atoms with Crippen LogP contribution in [0.25, 0.3) is 0 Å². The lowest BCUT2D eigenvalue weighted by Gasteiger charge is -2.26. The Balaban J connectivity index is 1.36. The molecule has 0 atom stereocenters. The number of hydrogen-bond donors (Lipinski definition) is 1. The Hall–Kier alpha value is -2.47. The van der Waals surface area contributed by atoms with Gasteiger partial charge in [-0.25, -0.2) is 0 Å². The van der Waals surface area contributed by atoms with Crippen molar-refractivity contribution >= 4 is 5.91 Å². The van der Waals surface area contributed by atoms with Crippen LogP contribution in [0.2, 0.25) is 0 Å². The molecular formula is C22H28N4O2. The SMILES string of the molecule is CNC(=O)c1ccc(OCc2ccc3c(c2)CCN(C2CCCC2)CC3)nn1. The highest BCUT2D eigenvalue weighted by atomic mass is 16.5. The van der Waals surface area contributed by atoms with Crippen LogP contribution >= 0.6 is 0 Å². The molecule has 0 radical (unpaired) electrons. The van der Waals surface area contributed by atoms with E-state index < -0.39 is 0 Å². The first kappa shape index (κ1) is 18.9. The molecule has 1 aromatic carbocycles. The minimum atomic E-state index is -0.253. The molecule has 2 aromatic rings. The van der Waals surface area contributed by atoms with Crippen molar-refractivity contribution in [2.45, 2.75) is 51.2 Å². The van der Waals surface area contributed by atoms with E-state index in [0.29, 0.717) is 12.5 Å². The van der Waals surface area contributed by atoms with Crippen LogP contribution in [-0.4, -0.2) is 47.2 Å². The Labute approximate surface area is 166 Å². The molecule has 0 saturated heterocycles. The number of carbonyl (C=O) groups excluding carboxylic acids is 1. The number of carbonyl (C=O) groups is 1. The molecule has 6 heteroatoms. The second-order valence-electron chi connectivity index (χ2n) is 7.70. The summed E-state index contributed by atoms with van der Waals surface area (Å²) >= 11 is 0. The molecule has 4 rings (SSSR count). The van der Waals surface area contributed by atoms with Gasteiger partial charge < -0.3 is 10.1 Å². The summed E-state index contributed by atoms with van der Waals surface area (Å²) in [5.41, 5.74) is 4.35. The molecule has 1 aromatic heterocycles. The molecule has 1 aliphatic carbocycles. The molecule has 1 fully saturated rings. The summed E-state index contributed by atoms with van der Waals surface area (Å²) in [6, 6.07) is 10.8. The van der Waals surface area contributed by atoms with E-state index in [-0.39, 0.29) is 11.6 Å². The molecule has 1 aliphatic heterocycles. The average Bonchev–Trinajstić information content (AvgIpc) is 3.19. The molecule has 148 valence electrons. The van der Waals surface area contributed by atoms with Gasteiger partial charge in [-0.2, -0.15) is 0 Å². The highest BCUT2D eigenvalue weighted by Gasteiger charge is 2.24. The van der Waals surface area contributed by atoms with Gasteiger partial charge in [-0.15, -0.1) is 10.2 Å². The fourth-order valence-corrected chi connectivity index (χ4v) is 4.32. The van der Waals surface area contributed by atoms with Gasteiger partial charge in [0.15, 0.2) is 5.69 Å². The third-order valence-electron chi connectivity index (χ3n) is 5.93. The van der Waals surface area contributed by atoms with Gasteiger partial charge in [-0.1, -0.05) is 31.0 Å². The number of amides is 1. The van der Waals surface area contributed by atoms with Crippen molar-refractivity contribution in [2.24, 2.45) is 0 Å². The number of benzene rings is 1. The van der Waals surface area contributed by atoms with E-state index in [0.717, 1.165) is 31.0 Å². The highest BCUT2D eigenvalue weighted by Crippen LogP contribution is 2.26. The van der Waals surface area contributed by atoms with Crippen LogP contribution in [0.5, 0.6) is 5.88 Å². The fraction of sp³-hybridized carbons (Fsp3) is 0.500. The number of nitrogens with zero attached hydrogens (tertiary/aromatic N) is 3. The highest BCUT2D eigenvalue weighted by molar-refractivity contribution is 5.91. The molecule has 0 bridgehead atoms. The van der Waals surface area contributed by atoms with Crippen LogP contribution in [0.3, 0.4) is 0 Å². The Bertz CT molecular complexity index is 816. The number of nitrogens with one attached hydrogen (secondary N) is 1. The lowest BCUT2D eigenvalue weighted by atomic mass is 10.0. The minimum Gasteiger partial charge on any atom is -0.472 e. The smallest absolute Gasteiger partial charge is 0.271 e. The number of rotatable bonds is 5. The first-order valence-corrected chi connectivity index (χ1v) is 10.3. The summed E-state index contributed by atoms with van der Waals surface area (Å²) in [6.07, 6.45) is 7.77. The molecular weight excluding hydrogens is 352 g/mol. The lowest BCUT2D eigenvalue weighted by molar-refractivity contribution is 0.0957. The number of fused-ring (bicyclic) bond motifs is 1. The quantitative estimate of drug-likeness (QED) is 0.864. The molecule has 28 heavy (non-hydrogen) atoms. The van der Waals surface area contributed by atoms with Gasteiger partial charge in [-0.05, 0) is 48.4 Å². The molecule has 2 aliphatic rings. The molecule has 2 heterocycles. The van der Waals surface area contributed by atoms with Gasteiger partial charge in [0.2, 0.25) is 5.88 Å². The zero-order chi connectivity index (χ0) is 19.3. The van der Waals surface area contributed by atoms with Crippen LogP contribution < -0.4 is 10.1 Å². The zero-order valence-corrected chi connectivity index (χ0v) is 16.5. The van der Waals surface area contributed by atoms with Crippen molar-refractivity contribution in [3.63, 3.8) is 0 Å². The molecule has 0 spiro atoms. The number of aromatic nitrogens is 2. The van der Waals surface area contributed by atoms with E-state index in [2.05, 4.69) is 38.6 Å². The van der Waals surface area contributed by atoms with Gasteiger partial charge in [0, 0.05) is 32.2 Å². The number of hydrogen-bond acceptors (Lipinski definition) is 5. The summed E-state index contributed by atoms with van der Waals surface area (Å²) in [6.45, 7) is 2.79. The van der Waals surface area contributed by atoms with E-state index in [1.54, 1.807) is 19.2 Å². The van der Waals surface area contributed by atoms with Crippen LogP contribution in [0.15, 0.2) is 30.3 Å². The second-order valence-corrected chi connectivity index (χ2v) is 7.70. The average molecular weight is 380 g/mol. The van der Waals surface area contributed by atoms with Crippen molar-refractivity contribution < 1.29 is 9.53 Å². The minimum absolute atomic E-state index is 0.253. The van der Waals surface area contributed by atoms with E-state index in [4.69, 9.17) is 4.74 Å². The summed E-state index contributed by atoms with van der Waals surface area (Å²) < 4.78 is 5.77. The fourth-order valence-electron chi connectivity index (χ4n) is 4.32. The third-order valence-corrected chi connectivity index (χ3v) is 5.93. The Morgan fingerprint density at radius 3 is 2.61 bits per heavy atom. The first-order valence-electron chi connectivity index (χ1n) is 10.3. The predicted octanol–water partition coefficient (Wildman–Crippen LogP) is 2.76. The van der Waals surface area contributed by atoms with Crippen LogP contribution in [0.1, 0.15) is 52.9 Å². The topological polar surface area (TPSA) is 67.3 Å². The standard InChI is InChI=1S/C22H28N4O2/c1-23-22(27)20-8-9-21(25-24-20)28-15-16-6-7-17-10-12-26(13-11-18(17)14-16)19-4-2-3-5-19/h6-9,14,19H,2-5,10-13,15H2,1H3,(H,23,27). The molecule has 0 unspecified atom stereocenters. The van der Waals surface area contributed by atoms with Crippen molar-refractivity contribution in [1.82, 2.24) is 20.4 Å². The van der Waals surface area contributed by atoms with Crippen molar-refractivity contribution in [3.8, 4) is 5.88 Å². The van der Waals surface area contributed by atoms with Gasteiger partial charge in [-0.3, -0.25) is 9.69 Å². The van der Waals surface area contributed by atoms with Gasteiger partial charge in [0.25, 0.3) is 5.91 Å². The summed E-state index contributed by atoms with van der Waals surface area (Å²) in [4.78, 5) is 14.2. The molecule has 1 N–H and O–H groups in total.